The molecule has 0 unspecified atom stereocenters. The number of carbonyl (C=O) groups is 1. The molecule has 4 N–H and O–H groups in total. The van der Waals surface area contributed by atoms with Crippen LogP contribution in [-0.4, -0.2) is 26.0 Å². The molecular formula is C11H8F3N3O3. The molecule has 0 spiro atoms. The van der Waals surface area contributed by atoms with Crippen molar-refractivity contribution in [3.8, 4) is 16.9 Å². The molecular weight excluding hydrogens is 279 g/mol. The fourth-order valence-corrected chi connectivity index (χ4v) is 1.72. The number of aromatic nitrogens is 2. The van der Waals surface area contributed by atoms with Crippen LogP contribution in [0.4, 0.5) is 19.0 Å². The third-order valence-electron chi connectivity index (χ3n) is 2.50. The zero-order valence-electron chi connectivity index (χ0n) is 9.72. The van der Waals surface area contributed by atoms with Gasteiger partial charge in [0, 0.05) is 0 Å². The summed E-state index contributed by atoms with van der Waals surface area (Å²) in [4.78, 5) is 11.0. The van der Waals surface area contributed by atoms with Gasteiger partial charge < -0.3 is 15.9 Å². The van der Waals surface area contributed by atoms with Crippen LogP contribution < -0.4 is 5.73 Å². The van der Waals surface area contributed by atoms with Crippen LogP contribution in [0.5, 0.6) is 5.75 Å². The fraction of sp³-hybridized carbons (Fsp3) is 0.0909. The summed E-state index contributed by atoms with van der Waals surface area (Å²) in [7, 11) is 0. The van der Waals surface area contributed by atoms with E-state index in [9.17, 15) is 23.1 Å². The predicted octanol–water partition coefficient (Wildman–Crippen LogP) is 2.01. The molecule has 20 heavy (non-hydrogen) atoms. The van der Waals surface area contributed by atoms with Gasteiger partial charge >= 0.3 is 12.3 Å². The molecule has 9 heteroatoms. The van der Waals surface area contributed by atoms with Crippen LogP contribution in [0, 0.1) is 0 Å². The molecule has 0 fully saturated rings. The lowest BCUT2D eigenvalue weighted by Gasteiger charge is -2.08. The highest BCUT2D eigenvalue weighted by atomic mass is 19.4. The second kappa shape index (κ2) is 4.44. The number of hydrogen-bond acceptors (Lipinski definition) is 4. The van der Waals surface area contributed by atoms with Crippen molar-refractivity contribution in [3.63, 3.8) is 0 Å². The molecule has 0 bridgehead atoms. The Morgan fingerprint density at radius 2 is 2.00 bits per heavy atom. The predicted molar refractivity (Wildman–Crippen MR) is 62.0 cm³/mol. The lowest BCUT2D eigenvalue weighted by molar-refractivity contribution is -0.210. The van der Waals surface area contributed by atoms with Crippen LogP contribution in [0.2, 0.25) is 0 Å². The Balaban J connectivity index is 2.74. The lowest BCUT2D eigenvalue weighted by atomic mass is 10.1. The molecule has 0 radical (unpaired) electrons. The van der Waals surface area contributed by atoms with E-state index in [1.807, 2.05) is 0 Å². The van der Waals surface area contributed by atoms with Gasteiger partial charge in [0.2, 0.25) is 0 Å². The van der Waals surface area contributed by atoms with Crippen molar-refractivity contribution >= 4 is 11.8 Å². The van der Waals surface area contributed by atoms with Gasteiger partial charge in [-0.15, -0.1) is 13.2 Å². The van der Waals surface area contributed by atoms with E-state index in [0.717, 1.165) is 6.07 Å². The zero-order chi connectivity index (χ0) is 15.1. The van der Waals surface area contributed by atoms with Gasteiger partial charge in [0.15, 0.2) is 5.69 Å². The highest BCUT2D eigenvalue weighted by Gasteiger charge is 2.37. The van der Waals surface area contributed by atoms with Gasteiger partial charge in [-0.1, -0.05) is 12.1 Å². The number of aromatic hydroxyl groups is 1. The summed E-state index contributed by atoms with van der Waals surface area (Å²) in [6.45, 7) is 0. The number of alkyl halides is 3. The highest BCUT2D eigenvalue weighted by molar-refractivity contribution is 5.97. The fourth-order valence-electron chi connectivity index (χ4n) is 1.72. The Kier molecular flexibility index (Phi) is 3.04. The summed E-state index contributed by atoms with van der Waals surface area (Å²) in [5.41, 5.74) is 4.13. The van der Waals surface area contributed by atoms with Gasteiger partial charge in [-0.2, -0.15) is 9.78 Å². The first kappa shape index (κ1) is 13.7. The average molecular weight is 287 g/mol. The highest BCUT2D eigenvalue weighted by Crippen LogP contribution is 2.36. The van der Waals surface area contributed by atoms with E-state index < -0.39 is 34.0 Å². The number of nitrogens with two attached hydrogens (primary N) is 1. The minimum absolute atomic E-state index is 0.0235. The molecule has 106 valence electrons. The van der Waals surface area contributed by atoms with E-state index in [4.69, 9.17) is 10.8 Å². The lowest BCUT2D eigenvalue weighted by Crippen LogP contribution is -2.20. The maximum absolute atomic E-state index is 12.7. The van der Waals surface area contributed by atoms with Crippen molar-refractivity contribution in [1.29, 1.82) is 0 Å². The normalized spacial score (nSPS) is 11.6. The number of carboxylic acids is 1. The number of nitrogen functional groups attached to an aromatic ring is 1. The van der Waals surface area contributed by atoms with E-state index in [0.29, 0.717) is 0 Å². The summed E-state index contributed by atoms with van der Waals surface area (Å²) in [5.74, 6) is -2.75. The molecule has 0 amide bonds. The molecule has 1 aromatic carbocycles. The first-order chi connectivity index (χ1) is 9.21. The third kappa shape index (κ3) is 2.25. The number of nitrogens with zero attached hydrogens (tertiary/aromatic N) is 2. The number of aromatic carboxylic acids is 1. The quantitative estimate of drug-likeness (QED) is 0.784. The molecule has 1 aromatic heterocycles. The molecule has 0 atom stereocenters. The van der Waals surface area contributed by atoms with Gasteiger partial charge in [0.05, 0.1) is 5.56 Å². The second-order valence-electron chi connectivity index (χ2n) is 3.84. The number of hydrogen-bond donors (Lipinski definition) is 3. The summed E-state index contributed by atoms with van der Waals surface area (Å²) in [6, 6.07) is 5.05. The Bertz CT molecular complexity index is 679. The van der Waals surface area contributed by atoms with E-state index in [2.05, 4.69) is 5.10 Å². The Hall–Kier alpha value is -2.71. The topological polar surface area (TPSA) is 101 Å². The zero-order valence-corrected chi connectivity index (χ0v) is 9.72. The van der Waals surface area contributed by atoms with Crippen molar-refractivity contribution in [2.45, 2.75) is 6.30 Å². The van der Waals surface area contributed by atoms with Gasteiger partial charge in [-0.05, 0) is 17.7 Å². The number of rotatable bonds is 2. The van der Waals surface area contributed by atoms with Gasteiger partial charge in [-0.3, -0.25) is 0 Å². The molecule has 1 heterocycles. The number of phenolic OH excluding ortho intramolecular Hbond substituents is 1. The molecule has 0 aliphatic heterocycles. The molecule has 2 aromatic rings. The van der Waals surface area contributed by atoms with Crippen LogP contribution in [-0.2, 0) is 6.30 Å². The van der Waals surface area contributed by atoms with Gasteiger partial charge in [-0.25, -0.2) is 4.79 Å². The smallest absolute Gasteiger partial charge is 0.506 e. The summed E-state index contributed by atoms with van der Waals surface area (Å²) >= 11 is 0. The molecule has 6 nitrogen and oxygen atoms in total. The first-order valence-electron chi connectivity index (χ1n) is 5.20. The number of anilines is 1. The Morgan fingerprint density at radius 1 is 1.35 bits per heavy atom. The van der Waals surface area contributed by atoms with Crippen molar-refractivity contribution in [1.82, 2.24) is 9.78 Å². The molecule has 0 aliphatic carbocycles. The molecule has 2 rings (SSSR count). The Labute approximate surface area is 109 Å². The van der Waals surface area contributed by atoms with Gasteiger partial charge in [0.1, 0.15) is 11.6 Å². The average Bonchev–Trinajstić information content (AvgIpc) is 2.66. The molecule has 0 saturated heterocycles. The van der Waals surface area contributed by atoms with Crippen molar-refractivity contribution < 1.29 is 28.2 Å². The first-order valence-corrected chi connectivity index (χ1v) is 5.20. The van der Waals surface area contributed by atoms with E-state index in [1.54, 1.807) is 0 Å². The van der Waals surface area contributed by atoms with Crippen LogP contribution >= 0.6 is 0 Å². The van der Waals surface area contributed by atoms with Crippen LogP contribution in [0.25, 0.3) is 11.1 Å². The summed E-state index contributed by atoms with van der Waals surface area (Å²) < 4.78 is 37.5. The Morgan fingerprint density at radius 3 is 2.50 bits per heavy atom. The van der Waals surface area contributed by atoms with Crippen LogP contribution in [0.15, 0.2) is 24.3 Å². The summed E-state index contributed by atoms with van der Waals surface area (Å²) in [5, 5.41) is 21.2. The second-order valence-corrected chi connectivity index (χ2v) is 3.84. The maximum atomic E-state index is 12.7. The van der Waals surface area contributed by atoms with E-state index in [1.165, 1.54) is 18.2 Å². The monoisotopic (exact) mass is 287 g/mol. The number of halogens is 3. The minimum Gasteiger partial charge on any atom is -0.508 e. The van der Waals surface area contributed by atoms with Crippen molar-refractivity contribution in [3.05, 3.63) is 30.0 Å². The standard InChI is InChI=1S/C11H8F3N3O3/c12-11(13,14)17-9(15)7(8(16-17)10(19)20)5-2-1-3-6(18)4-5/h1-4,18H,15H2,(H,19,20). The summed E-state index contributed by atoms with van der Waals surface area (Å²) in [6.07, 6.45) is -4.94. The number of benzene rings is 1. The largest absolute Gasteiger partial charge is 0.508 e. The molecule has 0 aliphatic rings. The van der Waals surface area contributed by atoms with Crippen LogP contribution in [0.1, 0.15) is 10.5 Å². The number of phenols is 1. The SMILES string of the molecule is Nc1c(-c2cccc(O)c2)c(C(=O)O)nn1C(F)(F)F. The van der Waals surface area contributed by atoms with Crippen molar-refractivity contribution in [2.75, 3.05) is 5.73 Å². The van der Waals surface area contributed by atoms with E-state index in [-0.39, 0.29) is 11.3 Å². The third-order valence-corrected chi connectivity index (χ3v) is 2.50. The van der Waals surface area contributed by atoms with E-state index >= 15 is 0 Å². The molecule has 0 saturated carbocycles. The maximum Gasteiger partial charge on any atom is 0.506 e. The van der Waals surface area contributed by atoms with Gasteiger partial charge in [0.25, 0.3) is 0 Å². The number of carboxylic acid groups (broad SMARTS) is 1. The van der Waals surface area contributed by atoms with Crippen LogP contribution in [0.3, 0.4) is 0 Å². The minimum atomic E-state index is -4.94. The van der Waals surface area contributed by atoms with Crippen molar-refractivity contribution in [2.24, 2.45) is 0 Å².